The van der Waals surface area contributed by atoms with E-state index in [-0.39, 0.29) is 12.1 Å². The van der Waals surface area contributed by atoms with E-state index in [0.29, 0.717) is 10.9 Å². The zero-order valence-electron chi connectivity index (χ0n) is 18.3. The minimum atomic E-state index is -0.205. The Bertz CT molecular complexity index is 1260. The van der Waals surface area contributed by atoms with Gasteiger partial charge in [-0.05, 0) is 60.7 Å². The molecule has 4 aromatic rings. The van der Waals surface area contributed by atoms with Gasteiger partial charge in [-0.15, -0.1) is 0 Å². The quantitative estimate of drug-likeness (QED) is 0.429. The van der Waals surface area contributed by atoms with Crippen LogP contribution in [0.4, 0.5) is 5.69 Å². The molecule has 3 aromatic heterocycles. The Balaban J connectivity index is 1.70. The Morgan fingerprint density at radius 1 is 0.970 bits per heavy atom. The van der Waals surface area contributed by atoms with Crippen molar-refractivity contribution in [3.05, 3.63) is 96.8 Å². The monoisotopic (exact) mass is 457 g/mol. The Labute approximate surface area is 197 Å². The number of nitrogens with one attached hydrogen (secondary N) is 1. The van der Waals surface area contributed by atoms with Gasteiger partial charge in [0.1, 0.15) is 17.5 Å². The SMILES string of the molecule is COc1ccc(OC)c(N2C(=S)NC(c3ccccn3)C2c2cccn2-c2cccnc2)c1. The summed E-state index contributed by atoms with van der Waals surface area (Å²) in [5.41, 5.74) is 3.72. The summed E-state index contributed by atoms with van der Waals surface area (Å²) in [7, 11) is 3.30. The van der Waals surface area contributed by atoms with Crippen molar-refractivity contribution in [1.82, 2.24) is 19.9 Å². The van der Waals surface area contributed by atoms with Gasteiger partial charge in [0.15, 0.2) is 5.11 Å². The first-order valence-electron chi connectivity index (χ1n) is 10.5. The summed E-state index contributed by atoms with van der Waals surface area (Å²) in [4.78, 5) is 11.0. The first-order valence-corrected chi connectivity index (χ1v) is 10.9. The van der Waals surface area contributed by atoms with Gasteiger partial charge in [0.2, 0.25) is 0 Å². The number of hydrogen-bond donors (Lipinski definition) is 1. The molecule has 1 aliphatic heterocycles. The molecule has 0 bridgehead atoms. The number of nitrogens with zero attached hydrogens (tertiary/aromatic N) is 4. The highest BCUT2D eigenvalue weighted by atomic mass is 32.1. The number of ether oxygens (including phenoxy) is 2. The molecule has 4 heterocycles. The second-order valence-corrected chi connectivity index (χ2v) is 7.94. The number of hydrogen-bond acceptors (Lipinski definition) is 5. The van der Waals surface area contributed by atoms with Gasteiger partial charge in [-0.25, -0.2) is 0 Å². The Morgan fingerprint density at radius 3 is 2.61 bits per heavy atom. The minimum absolute atomic E-state index is 0.181. The lowest BCUT2D eigenvalue weighted by atomic mass is 10.0. The summed E-state index contributed by atoms with van der Waals surface area (Å²) in [6.07, 6.45) is 7.44. The van der Waals surface area contributed by atoms with Gasteiger partial charge in [-0.2, -0.15) is 0 Å². The second kappa shape index (κ2) is 8.91. The van der Waals surface area contributed by atoms with E-state index in [2.05, 4.69) is 30.8 Å². The van der Waals surface area contributed by atoms with E-state index < -0.39 is 0 Å². The van der Waals surface area contributed by atoms with Crippen molar-refractivity contribution in [3.8, 4) is 17.2 Å². The lowest BCUT2D eigenvalue weighted by molar-refractivity contribution is 0.402. The summed E-state index contributed by atoms with van der Waals surface area (Å²) < 4.78 is 13.3. The molecule has 1 saturated heterocycles. The highest BCUT2D eigenvalue weighted by Gasteiger charge is 2.43. The van der Waals surface area contributed by atoms with Gasteiger partial charge in [0.05, 0.1) is 43.5 Å². The molecule has 5 rings (SSSR count). The third-order valence-electron chi connectivity index (χ3n) is 5.75. The predicted molar refractivity (Wildman–Crippen MR) is 131 cm³/mol. The number of anilines is 1. The molecule has 1 aliphatic rings. The number of benzene rings is 1. The molecule has 7 nitrogen and oxygen atoms in total. The third kappa shape index (κ3) is 3.78. The molecule has 0 aliphatic carbocycles. The molecule has 0 amide bonds. The van der Waals surface area contributed by atoms with Gasteiger partial charge < -0.3 is 24.3 Å². The topological polar surface area (TPSA) is 64.4 Å². The van der Waals surface area contributed by atoms with Crippen LogP contribution in [0.15, 0.2) is 85.5 Å². The first kappa shape index (κ1) is 21.0. The van der Waals surface area contributed by atoms with Crippen LogP contribution in [0.3, 0.4) is 0 Å². The van der Waals surface area contributed by atoms with Crippen LogP contribution in [0.25, 0.3) is 5.69 Å². The van der Waals surface area contributed by atoms with E-state index in [1.165, 1.54) is 0 Å². The summed E-state index contributed by atoms with van der Waals surface area (Å²) in [5, 5.41) is 4.08. The summed E-state index contributed by atoms with van der Waals surface area (Å²) in [6.45, 7) is 0. The summed E-state index contributed by atoms with van der Waals surface area (Å²) >= 11 is 5.87. The van der Waals surface area contributed by atoms with E-state index in [4.69, 9.17) is 21.7 Å². The van der Waals surface area contributed by atoms with E-state index in [1.54, 1.807) is 26.6 Å². The van der Waals surface area contributed by atoms with Crippen LogP contribution in [0.2, 0.25) is 0 Å². The van der Waals surface area contributed by atoms with Gasteiger partial charge in [0, 0.05) is 30.4 Å². The molecule has 33 heavy (non-hydrogen) atoms. The van der Waals surface area contributed by atoms with E-state index >= 15 is 0 Å². The molecular formula is C25H23N5O2S. The van der Waals surface area contributed by atoms with E-state index in [9.17, 15) is 0 Å². The fourth-order valence-corrected chi connectivity index (χ4v) is 4.61. The van der Waals surface area contributed by atoms with Gasteiger partial charge in [-0.3, -0.25) is 9.97 Å². The van der Waals surface area contributed by atoms with E-state index in [1.807, 2.05) is 67.0 Å². The second-order valence-electron chi connectivity index (χ2n) is 7.55. The van der Waals surface area contributed by atoms with Crippen molar-refractivity contribution in [2.24, 2.45) is 0 Å². The maximum Gasteiger partial charge on any atom is 0.174 e. The fraction of sp³-hybridized carbons (Fsp3) is 0.160. The third-order valence-corrected chi connectivity index (χ3v) is 6.07. The van der Waals surface area contributed by atoms with Crippen molar-refractivity contribution in [2.75, 3.05) is 19.1 Å². The van der Waals surface area contributed by atoms with Crippen LogP contribution in [-0.4, -0.2) is 33.9 Å². The average molecular weight is 458 g/mol. The standard InChI is InChI=1S/C25H23N5O2S/c1-31-18-10-11-22(32-2)21(15-18)30-24(23(28-25(30)33)19-8-3-4-13-27-19)20-9-6-14-29(20)17-7-5-12-26-16-17/h3-16,23-24H,1-2H3,(H,28,33). The molecule has 1 N–H and O–H groups in total. The van der Waals surface area contributed by atoms with Crippen LogP contribution < -0.4 is 19.7 Å². The van der Waals surface area contributed by atoms with Crippen LogP contribution >= 0.6 is 12.2 Å². The zero-order chi connectivity index (χ0) is 22.8. The van der Waals surface area contributed by atoms with Gasteiger partial charge in [0.25, 0.3) is 0 Å². The highest BCUT2D eigenvalue weighted by molar-refractivity contribution is 7.80. The van der Waals surface area contributed by atoms with Crippen molar-refractivity contribution in [3.63, 3.8) is 0 Å². The summed E-state index contributed by atoms with van der Waals surface area (Å²) in [5.74, 6) is 1.42. The van der Waals surface area contributed by atoms with Crippen molar-refractivity contribution >= 4 is 23.0 Å². The lowest BCUT2D eigenvalue weighted by Gasteiger charge is -2.30. The Morgan fingerprint density at radius 2 is 1.88 bits per heavy atom. The number of methoxy groups -OCH3 is 2. The van der Waals surface area contributed by atoms with E-state index in [0.717, 1.165) is 28.5 Å². The molecule has 1 aromatic carbocycles. The molecule has 0 spiro atoms. The number of aromatic nitrogens is 3. The van der Waals surface area contributed by atoms with Crippen LogP contribution in [0, 0.1) is 0 Å². The van der Waals surface area contributed by atoms with Crippen LogP contribution in [0.1, 0.15) is 23.5 Å². The number of rotatable bonds is 6. The smallest absolute Gasteiger partial charge is 0.174 e. The lowest BCUT2D eigenvalue weighted by Crippen LogP contribution is -2.30. The minimum Gasteiger partial charge on any atom is -0.497 e. The molecule has 2 unspecified atom stereocenters. The highest BCUT2D eigenvalue weighted by Crippen LogP contribution is 2.45. The first-order chi connectivity index (χ1) is 16.2. The molecule has 8 heteroatoms. The normalized spacial score (nSPS) is 17.6. The average Bonchev–Trinajstić information content (AvgIpc) is 3.49. The maximum atomic E-state index is 5.87. The predicted octanol–water partition coefficient (Wildman–Crippen LogP) is 4.46. The number of pyridine rings is 2. The fourth-order valence-electron chi connectivity index (χ4n) is 4.27. The van der Waals surface area contributed by atoms with Gasteiger partial charge >= 0.3 is 0 Å². The molecule has 1 fully saturated rings. The Kier molecular flexibility index (Phi) is 5.66. The van der Waals surface area contributed by atoms with Crippen LogP contribution in [-0.2, 0) is 0 Å². The Hall–Kier alpha value is -3.91. The largest absolute Gasteiger partial charge is 0.497 e. The van der Waals surface area contributed by atoms with Crippen LogP contribution in [0.5, 0.6) is 11.5 Å². The van der Waals surface area contributed by atoms with Crippen molar-refractivity contribution < 1.29 is 9.47 Å². The number of thiocarbonyl (C=S) groups is 1. The van der Waals surface area contributed by atoms with Crippen molar-refractivity contribution in [1.29, 1.82) is 0 Å². The maximum absolute atomic E-state index is 5.87. The zero-order valence-corrected chi connectivity index (χ0v) is 19.1. The molecule has 0 radical (unpaired) electrons. The van der Waals surface area contributed by atoms with Crippen molar-refractivity contribution in [2.45, 2.75) is 12.1 Å². The molecule has 0 saturated carbocycles. The molecule has 166 valence electrons. The summed E-state index contributed by atoms with van der Waals surface area (Å²) in [6, 6.07) is 19.3. The molecular weight excluding hydrogens is 434 g/mol. The van der Waals surface area contributed by atoms with Gasteiger partial charge in [-0.1, -0.05) is 6.07 Å². The molecule has 2 atom stereocenters.